The highest BCUT2D eigenvalue weighted by molar-refractivity contribution is 7.98. The van der Waals surface area contributed by atoms with E-state index in [1.54, 1.807) is 18.1 Å². The topological polar surface area (TPSA) is 103 Å². The van der Waals surface area contributed by atoms with E-state index in [-0.39, 0.29) is 0 Å². The summed E-state index contributed by atoms with van der Waals surface area (Å²) in [5, 5.41) is 4.45. The summed E-state index contributed by atoms with van der Waals surface area (Å²) in [5.41, 5.74) is 5.25. The summed E-state index contributed by atoms with van der Waals surface area (Å²) in [6.45, 7) is 9.28. The van der Waals surface area contributed by atoms with Crippen LogP contribution in [0, 0.1) is 0 Å². The van der Waals surface area contributed by atoms with Gasteiger partial charge in [-0.1, -0.05) is 6.08 Å². The van der Waals surface area contributed by atoms with Gasteiger partial charge in [0.25, 0.3) is 0 Å². The molecule has 178 valence electrons. The first-order chi connectivity index (χ1) is 16.7. The molecule has 0 bridgehead atoms. The lowest BCUT2D eigenvalue weighted by molar-refractivity contribution is -0.106. The normalized spacial score (nSPS) is 15.3. The number of nitrogens with zero attached hydrogens (tertiary/aromatic N) is 4. The quantitative estimate of drug-likeness (QED) is 0.291. The van der Waals surface area contributed by atoms with E-state index in [1.807, 2.05) is 25.2 Å². The number of aromatic amines is 1. The third-order valence-corrected chi connectivity index (χ3v) is 6.46. The van der Waals surface area contributed by atoms with E-state index in [0.717, 1.165) is 70.7 Å². The average molecular weight is 479 g/mol. The zero-order valence-electron chi connectivity index (χ0n) is 19.6. The molecule has 3 heterocycles. The standard InChI is InChI=1S/C22H24N6S.C2H4O.CH2O/c1-23-18-6-3-15(11-20(18)29-2)26-21-17-12-19(27-22(17)25-13-24-21)14-7-9-28(10-8-14)16-4-5-16;1-2-3;1-2/h3,6-7,11-13,16H,1,4-5,8-10H2,2H3,(H2,24,25,26,27);2H,1H3;1H2. The Bertz CT molecular complexity index is 1170. The van der Waals surface area contributed by atoms with Crippen LogP contribution < -0.4 is 5.32 Å². The van der Waals surface area contributed by atoms with Gasteiger partial charge >= 0.3 is 0 Å². The van der Waals surface area contributed by atoms with E-state index >= 15 is 0 Å². The average Bonchev–Trinajstić information content (AvgIpc) is 3.64. The summed E-state index contributed by atoms with van der Waals surface area (Å²) in [4.78, 5) is 37.0. The SMILES string of the molecule is C=Nc1ccc(Nc2ncnc3[nH]c(C4=CCN(C5CC5)CC4)cc23)cc1SC.C=O.CC=O. The first-order valence-electron chi connectivity index (χ1n) is 11.0. The smallest absolute Gasteiger partial charge is 0.143 e. The predicted octanol–water partition coefficient (Wildman–Crippen LogP) is 5.03. The Morgan fingerprint density at radius 2 is 2.03 bits per heavy atom. The molecule has 1 aromatic carbocycles. The van der Waals surface area contributed by atoms with Crippen LogP contribution in [0.1, 0.15) is 31.9 Å². The Hall–Kier alpha value is -3.30. The summed E-state index contributed by atoms with van der Waals surface area (Å²) in [5.74, 6) is 0.805. The van der Waals surface area contributed by atoms with Crippen LogP contribution in [0.3, 0.4) is 0 Å². The van der Waals surface area contributed by atoms with Crippen molar-refractivity contribution in [1.82, 2.24) is 19.9 Å². The van der Waals surface area contributed by atoms with Gasteiger partial charge in [-0.25, -0.2) is 9.97 Å². The number of nitrogens with one attached hydrogen (secondary N) is 2. The van der Waals surface area contributed by atoms with Crippen molar-refractivity contribution in [2.75, 3.05) is 24.7 Å². The third kappa shape index (κ3) is 5.98. The van der Waals surface area contributed by atoms with Gasteiger partial charge in [0.2, 0.25) is 0 Å². The van der Waals surface area contributed by atoms with Gasteiger partial charge in [-0.05, 0) is 69.0 Å². The van der Waals surface area contributed by atoms with Gasteiger partial charge in [0, 0.05) is 35.4 Å². The molecular formula is C25H30N6O2S. The number of carbonyl (C=O) groups is 2. The van der Waals surface area contributed by atoms with Crippen LogP contribution in [0.25, 0.3) is 16.6 Å². The summed E-state index contributed by atoms with van der Waals surface area (Å²) in [7, 11) is 0. The Kier molecular flexibility index (Phi) is 9.12. The van der Waals surface area contributed by atoms with Crippen LogP contribution in [-0.4, -0.2) is 65.0 Å². The molecule has 1 aliphatic carbocycles. The van der Waals surface area contributed by atoms with Crippen LogP contribution in [-0.2, 0) is 9.59 Å². The molecular weight excluding hydrogens is 448 g/mol. The molecule has 2 aromatic heterocycles. The number of benzene rings is 1. The first kappa shape index (κ1) is 25.3. The molecule has 0 saturated heterocycles. The summed E-state index contributed by atoms with van der Waals surface area (Å²) in [6.07, 6.45) is 10.6. The number of rotatable bonds is 6. The number of aldehydes is 1. The number of hydrogen-bond donors (Lipinski definition) is 2. The van der Waals surface area contributed by atoms with Gasteiger partial charge in [0.15, 0.2) is 0 Å². The monoisotopic (exact) mass is 478 g/mol. The molecule has 1 aliphatic heterocycles. The van der Waals surface area contributed by atoms with Crippen LogP contribution in [0.5, 0.6) is 0 Å². The number of fused-ring (bicyclic) bond motifs is 1. The van der Waals surface area contributed by atoms with E-state index < -0.39 is 0 Å². The predicted molar refractivity (Wildman–Crippen MR) is 141 cm³/mol. The largest absolute Gasteiger partial charge is 0.340 e. The number of carbonyl (C=O) groups excluding carboxylic acids is 2. The number of hydrogen-bond acceptors (Lipinski definition) is 8. The lowest BCUT2D eigenvalue weighted by Crippen LogP contribution is -2.30. The fraction of sp³-hybridized carbons (Fsp3) is 0.320. The Balaban J connectivity index is 0.000000603. The van der Waals surface area contributed by atoms with Gasteiger partial charge in [-0.2, -0.15) is 0 Å². The van der Waals surface area contributed by atoms with Gasteiger partial charge in [0.1, 0.15) is 30.9 Å². The molecule has 0 radical (unpaired) electrons. The lowest BCUT2D eigenvalue weighted by Gasteiger charge is -2.25. The summed E-state index contributed by atoms with van der Waals surface area (Å²) >= 11 is 1.65. The third-order valence-electron chi connectivity index (χ3n) is 5.69. The van der Waals surface area contributed by atoms with Gasteiger partial charge in [-0.15, -0.1) is 11.8 Å². The maximum Gasteiger partial charge on any atom is 0.143 e. The highest BCUT2D eigenvalue weighted by atomic mass is 32.2. The van der Waals surface area contributed by atoms with E-state index in [0.29, 0.717) is 0 Å². The highest BCUT2D eigenvalue weighted by Gasteiger charge is 2.29. The number of H-pyrrole nitrogens is 1. The van der Waals surface area contributed by atoms with Crippen molar-refractivity contribution in [3.8, 4) is 0 Å². The maximum absolute atomic E-state index is 8.81. The molecule has 3 aromatic rings. The van der Waals surface area contributed by atoms with Crippen molar-refractivity contribution in [1.29, 1.82) is 0 Å². The fourth-order valence-electron chi connectivity index (χ4n) is 3.94. The molecule has 2 aliphatic rings. The molecule has 2 N–H and O–H groups in total. The minimum atomic E-state index is 0.750. The molecule has 1 fully saturated rings. The van der Waals surface area contributed by atoms with Crippen molar-refractivity contribution in [3.63, 3.8) is 0 Å². The van der Waals surface area contributed by atoms with Crippen LogP contribution in [0.15, 0.2) is 46.6 Å². The molecule has 34 heavy (non-hydrogen) atoms. The second-order valence-corrected chi connectivity index (χ2v) is 8.63. The highest BCUT2D eigenvalue weighted by Crippen LogP contribution is 2.34. The minimum Gasteiger partial charge on any atom is -0.340 e. The summed E-state index contributed by atoms with van der Waals surface area (Å²) < 4.78 is 0. The molecule has 0 atom stereocenters. The van der Waals surface area contributed by atoms with Crippen molar-refractivity contribution in [2.24, 2.45) is 4.99 Å². The molecule has 1 saturated carbocycles. The summed E-state index contributed by atoms with van der Waals surface area (Å²) in [6, 6.07) is 9.05. The lowest BCUT2D eigenvalue weighted by atomic mass is 10.0. The second-order valence-electron chi connectivity index (χ2n) is 7.78. The molecule has 5 rings (SSSR count). The minimum absolute atomic E-state index is 0.750. The van der Waals surface area contributed by atoms with E-state index in [1.165, 1.54) is 25.3 Å². The van der Waals surface area contributed by atoms with Crippen molar-refractivity contribution < 1.29 is 9.59 Å². The number of aromatic nitrogens is 3. The Morgan fingerprint density at radius 1 is 1.26 bits per heavy atom. The number of aliphatic imine (C=N–C) groups is 1. The van der Waals surface area contributed by atoms with E-state index in [9.17, 15) is 0 Å². The molecule has 0 spiro atoms. The Morgan fingerprint density at radius 3 is 2.65 bits per heavy atom. The molecule has 0 amide bonds. The molecule has 9 heteroatoms. The van der Waals surface area contributed by atoms with Crippen molar-refractivity contribution in [3.05, 3.63) is 42.4 Å². The van der Waals surface area contributed by atoms with Gasteiger partial charge < -0.3 is 19.9 Å². The second kappa shape index (κ2) is 12.2. The molecule has 8 nitrogen and oxygen atoms in total. The van der Waals surface area contributed by atoms with Crippen LogP contribution in [0.2, 0.25) is 0 Å². The van der Waals surface area contributed by atoms with Crippen molar-refractivity contribution >= 4 is 65.4 Å². The van der Waals surface area contributed by atoms with Crippen molar-refractivity contribution in [2.45, 2.75) is 37.1 Å². The number of anilines is 2. The van der Waals surface area contributed by atoms with Gasteiger partial charge in [0.05, 0.1) is 11.1 Å². The maximum atomic E-state index is 8.81. The van der Waals surface area contributed by atoms with E-state index in [2.05, 4.69) is 55.1 Å². The van der Waals surface area contributed by atoms with Crippen LogP contribution in [0.4, 0.5) is 17.2 Å². The Labute approximate surface area is 204 Å². The molecule has 0 unspecified atom stereocenters. The number of thioether (sulfide) groups is 1. The van der Waals surface area contributed by atoms with Crippen LogP contribution >= 0.6 is 11.8 Å². The van der Waals surface area contributed by atoms with Gasteiger partial charge in [-0.3, -0.25) is 9.89 Å². The zero-order chi connectivity index (χ0) is 24.5. The zero-order valence-corrected chi connectivity index (χ0v) is 20.4. The van der Waals surface area contributed by atoms with E-state index in [4.69, 9.17) is 9.59 Å². The first-order valence-corrected chi connectivity index (χ1v) is 12.3. The fourth-order valence-corrected chi connectivity index (χ4v) is 4.52.